The van der Waals surface area contributed by atoms with E-state index >= 15 is 0 Å². The second kappa shape index (κ2) is 8.30. The average molecular weight is 369 g/mol. The highest BCUT2D eigenvalue weighted by Gasteiger charge is 2.15. The first-order chi connectivity index (χ1) is 12.6. The molecule has 1 unspecified atom stereocenters. The van der Waals surface area contributed by atoms with E-state index in [-0.39, 0.29) is 5.91 Å². The van der Waals surface area contributed by atoms with Crippen LogP contribution in [0.1, 0.15) is 18.1 Å². The smallest absolute Gasteiger partial charge is 0.279 e. The number of hydrogen-bond acceptors (Lipinski definition) is 2. The van der Waals surface area contributed by atoms with Crippen LogP contribution in [-0.2, 0) is 17.8 Å². The van der Waals surface area contributed by atoms with Gasteiger partial charge in [-0.2, -0.15) is 0 Å². The van der Waals surface area contributed by atoms with Crippen molar-refractivity contribution < 1.29 is 9.69 Å². The van der Waals surface area contributed by atoms with Crippen LogP contribution >= 0.6 is 11.6 Å². The van der Waals surface area contributed by atoms with Gasteiger partial charge in [-0.3, -0.25) is 4.79 Å². The first-order valence-electron chi connectivity index (χ1n) is 8.80. The van der Waals surface area contributed by atoms with Gasteiger partial charge in [0, 0.05) is 16.6 Å². The number of nitrogens with zero attached hydrogens (tertiary/aromatic N) is 1. The fraction of sp³-hybridized carbons (Fsp3) is 0.238. The predicted octanol–water partition coefficient (Wildman–Crippen LogP) is 3.10. The highest BCUT2D eigenvalue weighted by Crippen LogP contribution is 2.19. The molecule has 0 aliphatic carbocycles. The summed E-state index contributed by atoms with van der Waals surface area (Å²) < 4.78 is 0. The molecule has 1 atom stereocenters. The van der Waals surface area contributed by atoms with E-state index in [4.69, 9.17) is 11.6 Å². The molecule has 3 aromatic rings. The zero-order valence-electron chi connectivity index (χ0n) is 15.1. The molecule has 134 valence electrons. The SMILES string of the molecule is CCc1ccccc1NC(=O)C[NH+](C)Cc1cc2ccccc2nc1Cl. The number of likely N-dealkylation sites (N-methyl/N-ethyl adjacent to an activating group) is 1. The molecule has 26 heavy (non-hydrogen) atoms. The molecular weight excluding hydrogens is 346 g/mol. The minimum atomic E-state index is -0.00623. The fourth-order valence-electron chi connectivity index (χ4n) is 3.07. The second-order valence-electron chi connectivity index (χ2n) is 6.50. The molecule has 0 bridgehead atoms. The first kappa shape index (κ1) is 18.4. The number of hydrogen-bond donors (Lipinski definition) is 2. The van der Waals surface area contributed by atoms with Crippen molar-refractivity contribution >= 4 is 34.1 Å². The van der Waals surface area contributed by atoms with Crippen LogP contribution in [-0.4, -0.2) is 24.5 Å². The summed E-state index contributed by atoms with van der Waals surface area (Å²) >= 11 is 6.33. The monoisotopic (exact) mass is 368 g/mol. The number of rotatable bonds is 6. The maximum atomic E-state index is 12.4. The Labute approximate surface area is 158 Å². The molecule has 0 aliphatic heterocycles. The number of fused-ring (bicyclic) bond motifs is 1. The summed E-state index contributed by atoms with van der Waals surface area (Å²) in [7, 11) is 1.98. The van der Waals surface area contributed by atoms with E-state index in [0.717, 1.165) is 39.0 Å². The maximum absolute atomic E-state index is 12.4. The maximum Gasteiger partial charge on any atom is 0.279 e. The summed E-state index contributed by atoms with van der Waals surface area (Å²) in [4.78, 5) is 17.9. The molecule has 2 N–H and O–H groups in total. The number of aromatic nitrogens is 1. The fourth-order valence-corrected chi connectivity index (χ4v) is 3.28. The molecular formula is C21H23ClN3O+. The van der Waals surface area contributed by atoms with Crippen LogP contribution in [0.4, 0.5) is 5.69 Å². The molecule has 1 heterocycles. The molecule has 0 radical (unpaired) electrons. The molecule has 1 aromatic heterocycles. The number of carbonyl (C=O) groups excluding carboxylic acids is 1. The summed E-state index contributed by atoms with van der Waals surface area (Å²) in [6, 6.07) is 17.8. The normalized spacial score (nSPS) is 12.1. The van der Waals surface area contributed by atoms with Crippen LogP contribution in [0.25, 0.3) is 10.9 Å². The number of benzene rings is 2. The number of halogens is 1. The Kier molecular flexibility index (Phi) is 5.86. The third-order valence-electron chi connectivity index (χ3n) is 4.38. The molecule has 2 aromatic carbocycles. The highest BCUT2D eigenvalue weighted by molar-refractivity contribution is 6.30. The standard InChI is InChI=1S/C21H22ClN3O/c1-3-15-8-4-6-10-18(15)23-20(26)14-25(2)13-17-12-16-9-5-7-11-19(16)24-21(17)22/h4-12H,3,13-14H2,1-2H3,(H,23,26)/p+1. The largest absolute Gasteiger partial charge is 0.326 e. The molecule has 0 fully saturated rings. The quantitative estimate of drug-likeness (QED) is 0.657. The first-order valence-corrected chi connectivity index (χ1v) is 9.18. The summed E-state index contributed by atoms with van der Waals surface area (Å²) in [5.41, 5.74) is 3.86. The van der Waals surface area contributed by atoms with Crippen LogP contribution in [0.5, 0.6) is 0 Å². The molecule has 0 saturated carbocycles. The summed E-state index contributed by atoms with van der Waals surface area (Å²) in [5, 5.41) is 4.57. The number of quaternary nitrogens is 1. The Morgan fingerprint density at radius 2 is 1.85 bits per heavy atom. The lowest BCUT2D eigenvalue weighted by molar-refractivity contribution is -0.885. The van der Waals surface area contributed by atoms with Gasteiger partial charge in [-0.25, -0.2) is 4.98 Å². The molecule has 1 amide bonds. The van der Waals surface area contributed by atoms with E-state index < -0.39 is 0 Å². The molecule has 3 rings (SSSR count). The minimum Gasteiger partial charge on any atom is -0.326 e. The van der Waals surface area contributed by atoms with E-state index in [2.05, 4.69) is 23.3 Å². The number of nitrogens with one attached hydrogen (secondary N) is 2. The average Bonchev–Trinajstić information content (AvgIpc) is 2.62. The van der Waals surface area contributed by atoms with Crippen molar-refractivity contribution in [3.63, 3.8) is 0 Å². The second-order valence-corrected chi connectivity index (χ2v) is 6.86. The summed E-state index contributed by atoms with van der Waals surface area (Å²) in [6.07, 6.45) is 0.886. The Balaban J connectivity index is 1.66. The highest BCUT2D eigenvalue weighted by atomic mass is 35.5. The van der Waals surface area contributed by atoms with Crippen molar-refractivity contribution in [2.45, 2.75) is 19.9 Å². The van der Waals surface area contributed by atoms with E-state index in [1.165, 1.54) is 0 Å². The zero-order chi connectivity index (χ0) is 18.5. The van der Waals surface area contributed by atoms with Gasteiger partial charge in [-0.15, -0.1) is 0 Å². The van der Waals surface area contributed by atoms with Crippen LogP contribution in [0.2, 0.25) is 5.15 Å². The van der Waals surface area contributed by atoms with Gasteiger partial charge in [0.15, 0.2) is 6.54 Å². The summed E-state index contributed by atoms with van der Waals surface area (Å²) in [6.45, 7) is 3.08. The van der Waals surface area contributed by atoms with Crippen molar-refractivity contribution in [2.24, 2.45) is 0 Å². The van der Waals surface area contributed by atoms with Gasteiger partial charge in [0.1, 0.15) is 11.7 Å². The van der Waals surface area contributed by atoms with E-state index in [9.17, 15) is 4.79 Å². The molecule has 0 saturated heterocycles. The number of carbonyl (C=O) groups is 1. The van der Waals surface area contributed by atoms with Crippen LogP contribution < -0.4 is 10.2 Å². The van der Waals surface area contributed by atoms with E-state index in [0.29, 0.717) is 18.2 Å². The lowest BCUT2D eigenvalue weighted by atomic mass is 10.1. The van der Waals surface area contributed by atoms with Crippen LogP contribution in [0.15, 0.2) is 54.6 Å². The number of aryl methyl sites for hydroxylation is 1. The van der Waals surface area contributed by atoms with Crippen molar-refractivity contribution in [1.82, 2.24) is 4.98 Å². The number of para-hydroxylation sites is 2. The Morgan fingerprint density at radius 3 is 2.65 bits per heavy atom. The third-order valence-corrected chi connectivity index (χ3v) is 4.70. The van der Waals surface area contributed by atoms with Gasteiger partial charge in [-0.1, -0.05) is 54.9 Å². The number of anilines is 1. The minimum absolute atomic E-state index is 0.00623. The topological polar surface area (TPSA) is 46.4 Å². The lowest BCUT2D eigenvalue weighted by Gasteiger charge is -2.16. The van der Waals surface area contributed by atoms with Crippen molar-refractivity contribution in [3.05, 3.63) is 70.9 Å². The Morgan fingerprint density at radius 1 is 1.12 bits per heavy atom. The summed E-state index contributed by atoms with van der Waals surface area (Å²) in [5.74, 6) is -0.00623. The molecule has 5 heteroatoms. The van der Waals surface area contributed by atoms with Crippen LogP contribution in [0, 0.1) is 0 Å². The predicted molar refractivity (Wildman–Crippen MR) is 107 cm³/mol. The van der Waals surface area contributed by atoms with Gasteiger partial charge in [-0.05, 0) is 30.2 Å². The third kappa shape index (κ3) is 4.40. The molecule has 0 spiro atoms. The van der Waals surface area contributed by atoms with E-state index in [1.54, 1.807) is 0 Å². The molecule has 0 aliphatic rings. The Hall–Kier alpha value is -2.43. The van der Waals surface area contributed by atoms with Gasteiger partial charge < -0.3 is 10.2 Å². The Bertz CT molecular complexity index is 926. The van der Waals surface area contributed by atoms with Gasteiger partial charge in [0.05, 0.1) is 12.6 Å². The van der Waals surface area contributed by atoms with Gasteiger partial charge >= 0.3 is 0 Å². The number of amides is 1. The lowest BCUT2D eigenvalue weighted by Crippen LogP contribution is -3.08. The van der Waals surface area contributed by atoms with Gasteiger partial charge in [0.2, 0.25) is 0 Å². The van der Waals surface area contributed by atoms with Gasteiger partial charge in [0.25, 0.3) is 5.91 Å². The molecule has 4 nitrogen and oxygen atoms in total. The van der Waals surface area contributed by atoms with Crippen molar-refractivity contribution in [2.75, 3.05) is 18.9 Å². The zero-order valence-corrected chi connectivity index (χ0v) is 15.8. The van der Waals surface area contributed by atoms with Crippen molar-refractivity contribution in [3.8, 4) is 0 Å². The van der Waals surface area contributed by atoms with Crippen LogP contribution in [0.3, 0.4) is 0 Å². The van der Waals surface area contributed by atoms with E-state index in [1.807, 2.05) is 55.6 Å². The number of pyridine rings is 1. The van der Waals surface area contributed by atoms with Crippen molar-refractivity contribution in [1.29, 1.82) is 0 Å².